The van der Waals surface area contributed by atoms with Gasteiger partial charge in [0.1, 0.15) is 6.61 Å². The maximum atomic E-state index is 13.9. The zero-order chi connectivity index (χ0) is 34.8. The molecule has 1 atom stereocenters. The summed E-state index contributed by atoms with van der Waals surface area (Å²) in [6, 6.07) is 18.7. The Morgan fingerprint density at radius 1 is 0.939 bits per heavy atom. The fourth-order valence-corrected chi connectivity index (χ4v) is 8.92. The highest BCUT2D eigenvalue weighted by Gasteiger charge is 2.37. The number of carbonyl (C=O) groups excluding carboxylic acids is 1. The fourth-order valence-electron chi connectivity index (χ4n) is 6.60. The topological polar surface area (TPSA) is 69.7 Å². The lowest BCUT2D eigenvalue weighted by molar-refractivity contribution is 0.0264. The van der Waals surface area contributed by atoms with Crippen molar-refractivity contribution in [3.8, 4) is 11.5 Å². The smallest absolute Gasteiger partial charge is 0.258 e. The van der Waals surface area contributed by atoms with Crippen molar-refractivity contribution in [1.29, 1.82) is 0 Å². The van der Waals surface area contributed by atoms with E-state index in [0.29, 0.717) is 62.6 Å². The predicted octanol–water partition coefficient (Wildman–Crippen LogP) is 7.81. The van der Waals surface area contributed by atoms with Crippen LogP contribution in [-0.2, 0) is 39.5 Å². The molecule has 0 aliphatic carbocycles. The number of carbonyl (C=O) groups is 1. The minimum atomic E-state index is 0.0000982. The summed E-state index contributed by atoms with van der Waals surface area (Å²) in [6.07, 6.45) is 4.69. The fraction of sp³-hybridized carbons (Fsp3) is 0.500. The van der Waals surface area contributed by atoms with E-state index >= 15 is 0 Å². The number of para-hydroxylation sites is 1. The van der Waals surface area contributed by atoms with Crippen molar-refractivity contribution >= 4 is 50.5 Å². The summed E-state index contributed by atoms with van der Waals surface area (Å²) in [5.41, 5.74) is 7.02. The van der Waals surface area contributed by atoms with Gasteiger partial charge in [-0.25, -0.2) is 0 Å². The molecule has 2 heterocycles. The van der Waals surface area contributed by atoms with Gasteiger partial charge < -0.3 is 33.5 Å². The molecule has 0 unspecified atom stereocenters. The van der Waals surface area contributed by atoms with E-state index in [1.54, 1.807) is 25.0 Å². The minimum Gasteiger partial charge on any atom is -0.493 e. The number of nitrogens with zero attached hydrogens (tertiary/aromatic N) is 2. The summed E-state index contributed by atoms with van der Waals surface area (Å²) < 4.78 is 28.8. The lowest BCUT2D eigenvalue weighted by Crippen LogP contribution is -2.38. The molecule has 0 spiro atoms. The van der Waals surface area contributed by atoms with Gasteiger partial charge in [-0.2, -0.15) is 0 Å². The summed E-state index contributed by atoms with van der Waals surface area (Å²) in [5, 5.41) is 0. The average Bonchev–Trinajstić information content (AvgIpc) is 3.42. The van der Waals surface area contributed by atoms with Gasteiger partial charge in [0, 0.05) is 53.8 Å². The zero-order valence-electron chi connectivity index (χ0n) is 29.3. The normalized spacial score (nSPS) is 15.4. The lowest BCUT2D eigenvalue weighted by atomic mass is 9.99. The van der Waals surface area contributed by atoms with Crippen LogP contribution < -0.4 is 19.3 Å². The van der Waals surface area contributed by atoms with Gasteiger partial charge in [-0.3, -0.25) is 4.79 Å². The minimum absolute atomic E-state index is 0.0000982. The molecule has 1 amide bonds. The molecule has 5 rings (SSSR count). The monoisotopic (exact) mass is 728 g/mol. The third-order valence-electron chi connectivity index (χ3n) is 8.80. The molecule has 0 saturated heterocycles. The van der Waals surface area contributed by atoms with Crippen LogP contribution in [0.1, 0.15) is 52.9 Å². The summed E-state index contributed by atoms with van der Waals surface area (Å²) in [6.45, 7) is 9.17. The quantitative estimate of drug-likeness (QED) is 0.0699. The van der Waals surface area contributed by atoms with Crippen LogP contribution in [-0.4, -0.2) is 83.3 Å². The highest BCUT2D eigenvalue weighted by atomic mass is 35.5. The Kier molecular flexibility index (Phi) is 13.9. The van der Waals surface area contributed by atoms with E-state index in [2.05, 4.69) is 49.3 Å². The molecule has 266 valence electrons. The number of hydrogen-bond donors (Lipinski definition) is 0. The first-order chi connectivity index (χ1) is 23.8. The number of amides is 1. The Hall–Kier alpha value is -2.60. The zero-order valence-corrected chi connectivity index (χ0v) is 31.7. The van der Waals surface area contributed by atoms with Crippen molar-refractivity contribution in [3.05, 3.63) is 82.4 Å². The standard InChI is InChI=1S/C38H49ClN2O6S2/c1-38(2,49-48-5)26-40(12-13-45-16-17-46-15-14-43-3)32-19-27(24-39)18-28(20-32)25-47-36-22-29-10-11-31-21-30-8-6-7-9-34(30)41(31)37(42)33(29)23-35(36)44-4/h6-9,18-20,22-23,31H,10-17,21,24-26H2,1-5H3/t31-/m1/s1. The maximum absolute atomic E-state index is 13.9. The largest absolute Gasteiger partial charge is 0.493 e. The van der Waals surface area contributed by atoms with Gasteiger partial charge in [-0.15, -0.1) is 11.6 Å². The van der Waals surface area contributed by atoms with E-state index in [9.17, 15) is 4.79 Å². The number of methoxy groups -OCH3 is 2. The second-order valence-corrected chi connectivity index (χ2v) is 16.3. The number of fused-ring (bicyclic) bond motifs is 4. The molecule has 0 saturated carbocycles. The van der Waals surface area contributed by atoms with Crippen molar-refractivity contribution in [2.45, 2.75) is 56.4 Å². The van der Waals surface area contributed by atoms with E-state index < -0.39 is 0 Å². The van der Waals surface area contributed by atoms with Crippen molar-refractivity contribution in [2.24, 2.45) is 0 Å². The van der Waals surface area contributed by atoms with Crippen LogP contribution in [0.15, 0.2) is 54.6 Å². The highest BCUT2D eigenvalue weighted by molar-refractivity contribution is 8.77. The van der Waals surface area contributed by atoms with Crippen LogP contribution in [0.5, 0.6) is 11.5 Å². The predicted molar refractivity (Wildman–Crippen MR) is 203 cm³/mol. The highest BCUT2D eigenvalue weighted by Crippen LogP contribution is 2.41. The molecule has 3 aromatic rings. The maximum Gasteiger partial charge on any atom is 0.258 e. The Balaban J connectivity index is 1.32. The van der Waals surface area contributed by atoms with Gasteiger partial charge >= 0.3 is 0 Å². The summed E-state index contributed by atoms with van der Waals surface area (Å²) >= 11 is 6.43. The number of hydrogen-bond acceptors (Lipinski definition) is 9. The Morgan fingerprint density at radius 2 is 1.69 bits per heavy atom. The van der Waals surface area contributed by atoms with Gasteiger partial charge in [0.15, 0.2) is 11.5 Å². The molecular weight excluding hydrogens is 680 g/mol. The van der Waals surface area contributed by atoms with Crippen LogP contribution in [0.3, 0.4) is 0 Å². The molecule has 3 aromatic carbocycles. The number of aryl methyl sites for hydroxylation is 1. The second kappa shape index (κ2) is 18.1. The number of alkyl halides is 1. The van der Waals surface area contributed by atoms with Gasteiger partial charge in [-0.1, -0.05) is 45.9 Å². The third-order valence-corrected chi connectivity index (χ3v) is 11.7. The molecule has 2 aliphatic rings. The number of ether oxygens (including phenoxy) is 5. The van der Waals surface area contributed by atoms with E-state index in [0.717, 1.165) is 60.4 Å². The molecular formula is C38H49ClN2O6S2. The van der Waals surface area contributed by atoms with Crippen LogP contribution >= 0.6 is 33.2 Å². The van der Waals surface area contributed by atoms with Crippen LogP contribution in [0, 0.1) is 0 Å². The molecule has 0 radical (unpaired) electrons. The van der Waals surface area contributed by atoms with E-state index in [4.69, 9.17) is 35.3 Å². The van der Waals surface area contributed by atoms with Crippen molar-refractivity contribution in [3.63, 3.8) is 0 Å². The van der Waals surface area contributed by atoms with Gasteiger partial charge in [0.25, 0.3) is 5.91 Å². The van der Waals surface area contributed by atoms with E-state index in [1.807, 2.05) is 46.0 Å². The summed E-state index contributed by atoms with van der Waals surface area (Å²) in [7, 11) is 6.92. The Labute approximate surface area is 304 Å². The second-order valence-electron chi connectivity index (χ2n) is 12.9. The summed E-state index contributed by atoms with van der Waals surface area (Å²) in [5.74, 6) is 1.59. The van der Waals surface area contributed by atoms with Crippen LogP contribution in [0.4, 0.5) is 11.4 Å². The van der Waals surface area contributed by atoms with Crippen LogP contribution in [0.25, 0.3) is 0 Å². The van der Waals surface area contributed by atoms with Crippen molar-refractivity contribution < 1.29 is 28.5 Å². The number of halogens is 1. The molecule has 11 heteroatoms. The number of benzene rings is 3. The van der Waals surface area contributed by atoms with Crippen molar-refractivity contribution in [2.75, 3.05) is 76.4 Å². The number of anilines is 2. The first kappa shape index (κ1) is 37.7. The third kappa shape index (κ3) is 9.80. The molecule has 0 fully saturated rings. The van der Waals surface area contributed by atoms with Gasteiger partial charge in [0.2, 0.25) is 0 Å². The molecule has 0 bridgehead atoms. The molecule has 0 N–H and O–H groups in total. The first-order valence-electron chi connectivity index (χ1n) is 16.8. The molecule has 2 aliphatic heterocycles. The number of rotatable bonds is 19. The van der Waals surface area contributed by atoms with E-state index in [1.165, 1.54) is 5.56 Å². The van der Waals surface area contributed by atoms with E-state index in [-0.39, 0.29) is 16.7 Å². The van der Waals surface area contributed by atoms with Crippen molar-refractivity contribution in [1.82, 2.24) is 0 Å². The first-order valence-corrected chi connectivity index (χ1v) is 19.9. The van der Waals surface area contributed by atoms with Crippen LogP contribution in [0.2, 0.25) is 0 Å². The average molecular weight is 729 g/mol. The molecule has 8 nitrogen and oxygen atoms in total. The molecule has 49 heavy (non-hydrogen) atoms. The SMILES string of the molecule is COCCOCCOCCN(CC(C)(C)SSC)c1cc(CCl)cc(COc2cc3c(cc2OC)C(=O)N2c4ccccc4C[C@H]2CC3)c1. The van der Waals surface area contributed by atoms with Gasteiger partial charge in [-0.05, 0) is 92.0 Å². The lowest BCUT2D eigenvalue weighted by Gasteiger charge is -2.34. The molecule has 0 aromatic heterocycles. The Bertz CT molecular complexity index is 1560. The summed E-state index contributed by atoms with van der Waals surface area (Å²) in [4.78, 5) is 18.3. The Morgan fingerprint density at radius 3 is 2.45 bits per heavy atom. The van der Waals surface area contributed by atoms with Gasteiger partial charge in [0.05, 0.1) is 40.1 Å².